The van der Waals surface area contributed by atoms with E-state index in [2.05, 4.69) is 9.44 Å². The molecule has 0 spiro atoms. The normalized spacial score (nSPS) is 14.1. The molecule has 0 fully saturated rings. The van der Waals surface area contributed by atoms with Gasteiger partial charge in [-0.3, -0.25) is 0 Å². The average Bonchev–Trinajstić information content (AvgIpc) is 1.75. The van der Waals surface area contributed by atoms with E-state index in [1.807, 2.05) is 0 Å². The molecule has 0 heterocycles. The molecule has 92 valence electrons. The molecule has 0 aromatic rings. The van der Waals surface area contributed by atoms with Crippen LogP contribution in [0.1, 0.15) is 20.8 Å². The first kappa shape index (κ1) is 14.8. The smallest absolute Gasteiger partial charge is 0.229 e. The minimum absolute atomic E-state index is 0.246. The summed E-state index contributed by atoms with van der Waals surface area (Å²) in [7, 11) is -7.33. The van der Waals surface area contributed by atoms with Crippen molar-refractivity contribution >= 4 is 20.2 Å². The van der Waals surface area contributed by atoms with Crippen LogP contribution in [0.25, 0.3) is 0 Å². The van der Waals surface area contributed by atoms with Gasteiger partial charge in [-0.2, -0.15) is 13.1 Å². The molecule has 7 nitrogen and oxygen atoms in total. The third-order valence-electron chi connectivity index (χ3n) is 1.12. The first-order chi connectivity index (χ1) is 6.41. The number of primary sulfonamides is 1. The van der Waals surface area contributed by atoms with E-state index in [1.54, 1.807) is 20.8 Å². The molecule has 0 radical (unpaired) electrons. The Hall–Kier alpha value is -0.220. The van der Waals surface area contributed by atoms with Gasteiger partial charge in [0.05, 0.1) is 5.75 Å². The fraction of sp³-hybridized carbons (Fsp3) is 1.00. The molecule has 0 atom stereocenters. The summed E-state index contributed by atoms with van der Waals surface area (Å²) in [5.74, 6) is -0.432. The lowest BCUT2D eigenvalue weighted by atomic mass is 10.1. The number of hydrogen-bond donors (Lipinski definition) is 3. The Kier molecular flexibility index (Phi) is 4.67. The molecule has 4 N–H and O–H groups in total. The number of nitrogens with two attached hydrogens (primary N) is 1. The second-order valence-electron chi connectivity index (χ2n) is 4.12. The zero-order chi connectivity index (χ0) is 12.3. The van der Waals surface area contributed by atoms with E-state index >= 15 is 0 Å². The second-order valence-corrected chi connectivity index (χ2v) is 7.35. The average molecular weight is 259 g/mol. The van der Waals surface area contributed by atoms with E-state index in [0.29, 0.717) is 0 Å². The summed E-state index contributed by atoms with van der Waals surface area (Å²) in [5.41, 5.74) is -0.618. The van der Waals surface area contributed by atoms with Gasteiger partial charge in [0.1, 0.15) is 0 Å². The lowest BCUT2D eigenvalue weighted by Crippen LogP contribution is -2.48. The molecule has 0 rings (SSSR count). The Balaban J connectivity index is 4.19. The van der Waals surface area contributed by atoms with Crippen LogP contribution < -0.4 is 14.6 Å². The van der Waals surface area contributed by atoms with E-state index in [0.717, 1.165) is 0 Å². The van der Waals surface area contributed by atoms with E-state index in [9.17, 15) is 16.8 Å². The van der Waals surface area contributed by atoms with Crippen LogP contribution in [0, 0.1) is 0 Å². The highest BCUT2D eigenvalue weighted by Crippen LogP contribution is 1.99. The lowest BCUT2D eigenvalue weighted by Gasteiger charge is -2.20. The van der Waals surface area contributed by atoms with Crippen molar-refractivity contribution in [1.29, 1.82) is 0 Å². The van der Waals surface area contributed by atoms with Crippen LogP contribution in [0.4, 0.5) is 0 Å². The minimum atomic E-state index is -3.68. The molecule has 0 saturated carbocycles. The van der Waals surface area contributed by atoms with Gasteiger partial charge in [-0.05, 0) is 20.8 Å². The van der Waals surface area contributed by atoms with Crippen molar-refractivity contribution in [2.45, 2.75) is 26.3 Å². The van der Waals surface area contributed by atoms with E-state index in [4.69, 9.17) is 5.14 Å². The van der Waals surface area contributed by atoms with Crippen molar-refractivity contribution < 1.29 is 16.8 Å². The predicted molar refractivity (Wildman–Crippen MR) is 57.8 cm³/mol. The number of hydrogen-bond acceptors (Lipinski definition) is 4. The van der Waals surface area contributed by atoms with Crippen LogP contribution in [0.15, 0.2) is 0 Å². The first-order valence-corrected chi connectivity index (χ1v) is 7.40. The van der Waals surface area contributed by atoms with E-state index in [1.165, 1.54) is 0 Å². The highest BCUT2D eigenvalue weighted by molar-refractivity contribution is 7.89. The van der Waals surface area contributed by atoms with Crippen LogP contribution in [0.3, 0.4) is 0 Å². The Morgan fingerprint density at radius 2 is 1.60 bits per heavy atom. The van der Waals surface area contributed by atoms with Gasteiger partial charge in [-0.1, -0.05) is 0 Å². The Bertz CT molecular complexity index is 393. The quantitative estimate of drug-likeness (QED) is 0.556. The summed E-state index contributed by atoms with van der Waals surface area (Å²) >= 11 is 0. The maximum atomic E-state index is 11.3. The van der Waals surface area contributed by atoms with Gasteiger partial charge in [-0.25, -0.2) is 18.3 Å². The molecule has 0 aliphatic rings. The summed E-state index contributed by atoms with van der Waals surface area (Å²) in [4.78, 5) is 0. The molecule has 0 unspecified atom stereocenters. The summed E-state index contributed by atoms with van der Waals surface area (Å²) in [6, 6.07) is 0. The first-order valence-electron chi connectivity index (χ1n) is 4.20. The Morgan fingerprint density at radius 3 is 1.93 bits per heavy atom. The van der Waals surface area contributed by atoms with Crippen LogP contribution in [-0.2, 0) is 20.2 Å². The monoisotopic (exact) mass is 259 g/mol. The van der Waals surface area contributed by atoms with Gasteiger partial charge in [-0.15, -0.1) is 0 Å². The standard InChI is InChI=1S/C6H17N3O4S2/c1-6(2,3)9-15(12,13)8-4-5-14(7,10)11/h8-9H,4-5H2,1-3H3,(H2,7,10,11). The number of rotatable bonds is 5. The van der Waals surface area contributed by atoms with Crippen LogP contribution in [0.5, 0.6) is 0 Å². The summed E-state index contributed by atoms with van der Waals surface area (Å²) in [6.45, 7) is 4.77. The fourth-order valence-corrected chi connectivity index (χ4v) is 2.52. The fourth-order valence-electron chi connectivity index (χ4n) is 0.757. The zero-order valence-corrected chi connectivity index (χ0v) is 10.6. The van der Waals surface area contributed by atoms with Crippen LogP contribution in [0.2, 0.25) is 0 Å². The van der Waals surface area contributed by atoms with Crippen molar-refractivity contribution in [1.82, 2.24) is 9.44 Å². The maximum Gasteiger partial charge on any atom is 0.277 e. The summed E-state index contributed by atoms with van der Waals surface area (Å²) in [5, 5.41) is 4.71. The van der Waals surface area contributed by atoms with Crippen LogP contribution in [-0.4, -0.2) is 34.7 Å². The number of nitrogens with one attached hydrogen (secondary N) is 2. The van der Waals surface area contributed by atoms with Crippen molar-refractivity contribution in [2.75, 3.05) is 12.3 Å². The molecule has 0 aliphatic heterocycles. The third kappa shape index (κ3) is 10.1. The number of sulfonamides is 1. The van der Waals surface area contributed by atoms with Gasteiger partial charge in [0.15, 0.2) is 0 Å². The van der Waals surface area contributed by atoms with Gasteiger partial charge in [0.25, 0.3) is 10.2 Å². The van der Waals surface area contributed by atoms with Gasteiger partial charge >= 0.3 is 0 Å². The molecule has 9 heteroatoms. The lowest BCUT2D eigenvalue weighted by molar-refractivity contribution is 0.485. The molecule has 0 amide bonds. The van der Waals surface area contributed by atoms with Gasteiger partial charge < -0.3 is 0 Å². The van der Waals surface area contributed by atoms with Crippen molar-refractivity contribution in [3.05, 3.63) is 0 Å². The SMILES string of the molecule is CC(C)(C)NS(=O)(=O)NCCS(N)(=O)=O. The Labute approximate surface area is 90.7 Å². The predicted octanol–water partition coefficient (Wildman–Crippen LogP) is -1.50. The summed E-state index contributed by atoms with van der Waals surface area (Å²) < 4.78 is 48.0. The second kappa shape index (κ2) is 4.74. The third-order valence-corrected chi connectivity index (χ3v) is 3.36. The largest absolute Gasteiger partial charge is 0.277 e. The molecule has 0 bridgehead atoms. The molecule has 0 aromatic carbocycles. The molecule has 15 heavy (non-hydrogen) atoms. The van der Waals surface area contributed by atoms with Gasteiger partial charge in [0.2, 0.25) is 10.0 Å². The topological polar surface area (TPSA) is 118 Å². The van der Waals surface area contributed by atoms with E-state index in [-0.39, 0.29) is 6.54 Å². The minimum Gasteiger partial charge on any atom is -0.229 e. The molecule has 0 aromatic heterocycles. The molecular weight excluding hydrogens is 242 g/mol. The highest BCUT2D eigenvalue weighted by Gasteiger charge is 2.19. The van der Waals surface area contributed by atoms with Crippen molar-refractivity contribution in [2.24, 2.45) is 5.14 Å². The molecular formula is C6H17N3O4S2. The van der Waals surface area contributed by atoms with E-state index < -0.39 is 31.5 Å². The van der Waals surface area contributed by atoms with Crippen molar-refractivity contribution in [3.8, 4) is 0 Å². The maximum absolute atomic E-state index is 11.3. The molecule has 0 aliphatic carbocycles. The van der Waals surface area contributed by atoms with Crippen LogP contribution >= 0.6 is 0 Å². The highest BCUT2D eigenvalue weighted by atomic mass is 32.2. The van der Waals surface area contributed by atoms with Gasteiger partial charge in [0, 0.05) is 12.1 Å². The summed E-state index contributed by atoms with van der Waals surface area (Å²) in [6.07, 6.45) is 0. The Morgan fingerprint density at radius 1 is 1.13 bits per heavy atom. The van der Waals surface area contributed by atoms with Crippen molar-refractivity contribution in [3.63, 3.8) is 0 Å². The zero-order valence-electron chi connectivity index (χ0n) is 8.94. The molecule has 0 saturated heterocycles.